The Labute approximate surface area is 140 Å². The average molecular weight is 327 g/mol. The number of carbonyl (C=O) groups excluding carboxylic acids is 2. The van der Waals surface area contributed by atoms with Crippen molar-refractivity contribution >= 4 is 11.8 Å². The number of nitrogens with one attached hydrogen (secondary N) is 2. The van der Waals surface area contributed by atoms with Crippen molar-refractivity contribution in [2.24, 2.45) is 7.05 Å². The maximum Gasteiger partial charge on any atom is 0.251 e. The van der Waals surface area contributed by atoms with Crippen LogP contribution < -0.4 is 10.6 Å². The van der Waals surface area contributed by atoms with Crippen LogP contribution in [0.1, 0.15) is 22.2 Å². The number of imidazole rings is 1. The molecule has 0 spiro atoms. The van der Waals surface area contributed by atoms with E-state index in [1.54, 1.807) is 35.4 Å². The highest BCUT2D eigenvalue weighted by Crippen LogP contribution is 2.20. The predicted molar refractivity (Wildman–Crippen MR) is 89.3 cm³/mol. The van der Waals surface area contributed by atoms with Crippen LogP contribution in [-0.2, 0) is 11.8 Å². The van der Waals surface area contributed by atoms with Gasteiger partial charge in [0.25, 0.3) is 5.91 Å². The van der Waals surface area contributed by atoms with Crippen molar-refractivity contribution in [2.75, 3.05) is 26.2 Å². The molecule has 1 unspecified atom stereocenters. The van der Waals surface area contributed by atoms with Gasteiger partial charge in [0.2, 0.25) is 5.91 Å². The van der Waals surface area contributed by atoms with E-state index in [1.165, 1.54) is 0 Å². The molecule has 1 aliphatic rings. The third-order valence-electron chi connectivity index (χ3n) is 4.16. The molecule has 0 radical (unpaired) electrons. The van der Waals surface area contributed by atoms with E-state index in [0.29, 0.717) is 18.7 Å². The van der Waals surface area contributed by atoms with Crippen LogP contribution in [0.15, 0.2) is 42.7 Å². The summed E-state index contributed by atoms with van der Waals surface area (Å²) < 4.78 is 1.92. The lowest BCUT2D eigenvalue weighted by atomic mass is 10.1. The van der Waals surface area contributed by atoms with Crippen molar-refractivity contribution in [3.63, 3.8) is 0 Å². The van der Waals surface area contributed by atoms with Crippen molar-refractivity contribution in [2.45, 2.75) is 6.04 Å². The van der Waals surface area contributed by atoms with Gasteiger partial charge in [-0.25, -0.2) is 4.98 Å². The van der Waals surface area contributed by atoms with Gasteiger partial charge in [0, 0.05) is 44.6 Å². The molecular formula is C17H21N5O2. The summed E-state index contributed by atoms with van der Waals surface area (Å²) in [4.78, 5) is 30.8. The Morgan fingerprint density at radius 3 is 2.83 bits per heavy atom. The van der Waals surface area contributed by atoms with Gasteiger partial charge in [-0.05, 0) is 12.1 Å². The molecule has 0 saturated carbocycles. The number of hydrogen-bond acceptors (Lipinski definition) is 4. The number of rotatable bonds is 4. The van der Waals surface area contributed by atoms with Gasteiger partial charge in [0.1, 0.15) is 11.9 Å². The third kappa shape index (κ3) is 3.46. The summed E-state index contributed by atoms with van der Waals surface area (Å²) in [6.07, 6.45) is 3.59. The van der Waals surface area contributed by atoms with E-state index in [2.05, 4.69) is 15.6 Å². The van der Waals surface area contributed by atoms with Crippen molar-refractivity contribution in [3.05, 3.63) is 54.1 Å². The molecule has 2 N–H and O–H groups in total. The van der Waals surface area contributed by atoms with E-state index in [0.717, 1.165) is 12.4 Å². The second kappa shape index (κ2) is 7.27. The quantitative estimate of drug-likeness (QED) is 0.848. The molecule has 126 valence electrons. The monoisotopic (exact) mass is 327 g/mol. The zero-order valence-electron chi connectivity index (χ0n) is 13.6. The fourth-order valence-electron chi connectivity index (χ4n) is 2.88. The molecule has 1 atom stereocenters. The highest BCUT2D eigenvalue weighted by molar-refractivity contribution is 5.96. The van der Waals surface area contributed by atoms with Crippen molar-refractivity contribution in [1.82, 2.24) is 25.1 Å². The van der Waals surface area contributed by atoms with Crippen LogP contribution in [0.2, 0.25) is 0 Å². The summed E-state index contributed by atoms with van der Waals surface area (Å²) in [5.74, 6) is 0.492. The molecule has 2 amide bonds. The first-order chi connectivity index (χ1) is 11.7. The molecule has 0 aliphatic carbocycles. The minimum Gasteiger partial charge on any atom is -0.343 e. The van der Waals surface area contributed by atoms with Crippen LogP contribution in [0.25, 0.3) is 0 Å². The van der Waals surface area contributed by atoms with Crippen molar-refractivity contribution < 1.29 is 9.59 Å². The van der Waals surface area contributed by atoms with Crippen LogP contribution in [0, 0.1) is 0 Å². The van der Waals surface area contributed by atoms with E-state index < -0.39 is 0 Å². The van der Waals surface area contributed by atoms with E-state index in [9.17, 15) is 9.59 Å². The third-order valence-corrected chi connectivity index (χ3v) is 4.16. The summed E-state index contributed by atoms with van der Waals surface area (Å²) in [7, 11) is 1.91. The van der Waals surface area contributed by atoms with Gasteiger partial charge < -0.3 is 20.1 Å². The number of benzene rings is 1. The van der Waals surface area contributed by atoms with E-state index in [-0.39, 0.29) is 24.4 Å². The molecule has 0 bridgehead atoms. The molecule has 1 fully saturated rings. The van der Waals surface area contributed by atoms with Gasteiger partial charge in [-0.15, -0.1) is 0 Å². The van der Waals surface area contributed by atoms with E-state index >= 15 is 0 Å². The Morgan fingerprint density at radius 1 is 1.33 bits per heavy atom. The number of piperazine rings is 1. The molecule has 7 heteroatoms. The molecule has 2 heterocycles. The molecule has 1 saturated heterocycles. The Balaban J connectivity index is 1.64. The normalized spacial score (nSPS) is 17.5. The Morgan fingerprint density at radius 2 is 2.12 bits per heavy atom. The maximum atomic E-state index is 12.6. The number of aryl methyl sites for hydroxylation is 1. The molecule has 2 aromatic rings. The first-order valence-electron chi connectivity index (χ1n) is 7.97. The minimum absolute atomic E-state index is 0.0192. The summed E-state index contributed by atoms with van der Waals surface area (Å²) in [6, 6.07) is 8.76. The summed E-state index contributed by atoms with van der Waals surface area (Å²) in [6.45, 7) is 1.97. The highest BCUT2D eigenvalue weighted by Gasteiger charge is 2.30. The first-order valence-corrected chi connectivity index (χ1v) is 7.97. The topological polar surface area (TPSA) is 79.3 Å². The van der Waals surface area contributed by atoms with Gasteiger partial charge in [0.15, 0.2) is 0 Å². The maximum absolute atomic E-state index is 12.6. The second-order valence-corrected chi connectivity index (χ2v) is 5.75. The fraction of sp³-hybridized carbons (Fsp3) is 0.353. The summed E-state index contributed by atoms with van der Waals surface area (Å²) in [5.41, 5.74) is 0.547. The van der Waals surface area contributed by atoms with Gasteiger partial charge >= 0.3 is 0 Å². The second-order valence-electron chi connectivity index (χ2n) is 5.75. The number of nitrogens with zero attached hydrogens (tertiary/aromatic N) is 3. The lowest BCUT2D eigenvalue weighted by molar-refractivity contribution is -0.133. The van der Waals surface area contributed by atoms with Crippen LogP contribution in [-0.4, -0.2) is 52.4 Å². The van der Waals surface area contributed by atoms with Gasteiger partial charge in [-0.3, -0.25) is 9.59 Å². The molecule has 1 aromatic carbocycles. The summed E-state index contributed by atoms with van der Waals surface area (Å²) in [5, 5.41) is 5.99. The predicted octanol–water partition coefficient (Wildman–Crippen LogP) is 0.323. The SMILES string of the molecule is Cn1ccnc1C1CNCCN1C(=O)CNC(=O)c1ccccc1. The number of aromatic nitrogens is 2. The minimum atomic E-state index is -0.243. The molecule has 24 heavy (non-hydrogen) atoms. The Kier molecular flexibility index (Phi) is 4.90. The van der Waals surface area contributed by atoms with Gasteiger partial charge in [-0.1, -0.05) is 18.2 Å². The molecular weight excluding hydrogens is 306 g/mol. The van der Waals surface area contributed by atoms with E-state index in [1.807, 2.05) is 23.9 Å². The van der Waals surface area contributed by atoms with E-state index in [4.69, 9.17) is 0 Å². The number of amides is 2. The Bertz CT molecular complexity index is 713. The molecule has 3 rings (SSSR count). The zero-order valence-corrected chi connectivity index (χ0v) is 13.6. The lowest BCUT2D eigenvalue weighted by Crippen LogP contribution is -2.52. The highest BCUT2D eigenvalue weighted by atomic mass is 16.2. The summed E-state index contributed by atoms with van der Waals surface area (Å²) >= 11 is 0. The van der Waals surface area contributed by atoms with Crippen LogP contribution >= 0.6 is 0 Å². The van der Waals surface area contributed by atoms with Gasteiger partial charge in [-0.2, -0.15) is 0 Å². The number of carbonyl (C=O) groups is 2. The fourth-order valence-corrected chi connectivity index (χ4v) is 2.88. The van der Waals surface area contributed by atoms with Crippen LogP contribution in [0.5, 0.6) is 0 Å². The molecule has 1 aliphatic heterocycles. The van der Waals surface area contributed by atoms with Crippen molar-refractivity contribution in [1.29, 1.82) is 0 Å². The smallest absolute Gasteiger partial charge is 0.251 e. The van der Waals surface area contributed by atoms with Crippen LogP contribution in [0.3, 0.4) is 0 Å². The molecule has 7 nitrogen and oxygen atoms in total. The first kappa shape index (κ1) is 16.2. The average Bonchev–Trinajstić information content (AvgIpc) is 3.06. The Hall–Kier alpha value is -2.67. The van der Waals surface area contributed by atoms with Gasteiger partial charge in [0.05, 0.1) is 6.54 Å². The molecule has 1 aromatic heterocycles. The lowest BCUT2D eigenvalue weighted by Gasteiger charge is -2.35. The zero-order chi connectivity index (χ0) is 16.9. The van der Waals surface area contributed by atoms with Crippen molar-refractivity contribution in [3.8, 4) is 0 Å². The van der Waals surface area contributed by atoms with Crippen LogP contribution in [0.4, 0.5) is 0 Å². The largest absolute Gasteiger partial charge is 0.343 e. The standard InChI is InChI=1S/C17H21N5O2/c1-21-9-8-19-16(21)14-11-18-7-10-22(14)15(23)12-20-17(24)13-5-3-2-4-6-13/h2-6,8-9,14,18H,7,10-12H2,1H3,(H,20,24). The number of hydrogen-bond donors (Lipinski definition) is 2.